The Balaban J connectivity index is 1.68. The Labute approximate surface area is 159 Å². The Morgan fingerprint density at radius 2 is 1.58 bits per heavy atom. The molecule has 1 aromatic rings. The summed E-state index contributed by atoms with van der Waals surface area (Å²) in [7, 11) is 0. The number of carbonyl (C=O) groups is 4. The summed E-state index contributed by atoms with van der Waals surface area (Å²) >= 11 is 11.8. The number of fused-ring (bicyclic) bond motifs is 1. The molecule has 1 fully saturated rings. The van der Waals surface area contributed by atoms with Gasteiger partial charge in [-0.15, -0.1) is 0 Å². The first-order valence-corrected chi connectivity index (χ1v) is 8.88. The van der Waals surface area contributed by atoms with Gasteiger partial charge in [-0.3, -0.25) is 19.3 Å². The molecule has 2 heterocycles. The molecule has 0 unspecified atom stereocenters. The van der Waals surface area contributed by atoms with Crippen LogP contribution in [0.5, 0.6) is 0 Å². The summed E-state index contributed by atoms with van der Waals surface area (Å²) in [5, 5.41) is 0.278. The van der Waals surface area contributed by atoms with E-state index in [2.05, 4.69) is 0 Å². The van der Waals surface area contributed by atoms with Crippen molar-refractivity contribution in [3.63, 3.8) is 0 Å². The number of amides is 3. The molecule has 9 heteroatoms. The van der Waals surface area contributed by atoms with E-state index < -0.39 is 30.4 Å². The molecule has 138 valence electrons. The van der Waals surface area contributed by atoms with Crippen LogP contribution in [-0.2, 0) is 14.3 Å². The molecule has 3 amide bonds. The molecule has 1 atom stereocenters. The maximum atomic E-state index is 12.5. The molecule has 26 heavy (non-hydrogen) atoms. The first-order valence-electron chi connectivity index (χ1n) is 8.12. The summed E-state index contributed by atoms with van der Waals surface area (Å²) in [5.74, 6) is -2.43. The normalized spacial score (nSPS) is 17.5. The number of halogens is 2. The molecular formula is C17H16Cl2N2O5. The molecule has 3 rings (SSSR count). The van der Waals surface area contributed by atoms with Crippen molar-refractivity contribution in [2.75, 3.05) is 19.7 Å². The van der Waals surface area contributed by atoms with E-state index in [1.165, 1.54) is 19.1 Å². The maximum absolute atomic E-state index is 12.5. The number of hydrogen-bond donors (Lipinski definition) is 0. The Morgan fingerprint density at radius 1 is 1.08 bits per heavy atom. The monoisotopic (exact) mass is 398 g/mol. The Bertz CT molecular complexity index is 764. The van der Waals surface area contributed by atoms with Gasteiger partial charge in [0.1, 0.15) is 6.04 Å². The lowest BCUT2D eigenvalue weighted by Crippen LogP contribution is -2.44. The van der Waals surface area contributed by atoms with Crippen molar-refractivity contribution < 1.29 is 23.9 Å². The summed E-state index contributed by atoms with van der Waals surface area (Å²) in [6, 6.07) is 1.43. The topological polar surface area (TPSA) is 84.0 Å². The van der Waals surface area contributed by atoms with Crippen LogP contribution in [0, 0.1) is 0 Å². The molecule has 0 radical (unpaired) electrons. The van der Waals surface area contributed by atoms with Crippen LogP contribution < -0.4 is 0 Å². The van der Waals surface area contributed by atoms with Gasteiger partial charge >= 0.3 is 5.97 Å². The second kappa shape index (κ2) is 7.25. The number of hydrogen-bond acceptors (Lipinski definition) is 5. The number of rotatable bonds is 4. The summed E-state index contributed by atoms with van der Waals surface area (Å²) in [6.45, 7) is 2.25. The first kappa shape index (κ1) is 18.7. The first-order chi connectivity index (χ1) is 12.3. The lowest BCUT2D eigenvalue weighted by Gasteiger charge is -2.21. The third kappa shape index (κ3) is 3.29. The highest BCUT2D eigenvalue weighted by molar-refractivity contribution is 6.43. The molecule has 0 bridgehead atoms. The minimum absolute atomic E-state index is 0.0807. The lowest BCUT2D eigenvalue weighted by atomic mass is 10.1. The third-order valence-corrected chi connectivity index (χ3v) is 5.21. The second-order valence-corrected chi connectivity index (χ2v) is 6.98. The van der Waals surface area contributed by atoms with Gasteiger partial charge in [-0.1, -0.05) is 23.2 Å². The molecule has 1 saturated heterocycles. The SMILES string of the molecule is C[C@@H](C(=O)OCC(=O)N1CCCC1)N1C(=O)c2cc(Cl)c(Cl)cc2C1=O. The number of ether oxygens (including phenoxy) is 1. The van der Waals surface area contributed by atoms with Crippen molar-refractivity contribution in [1.82, 2.24) is 9.80 Å². The van der Waals surface area contributed by atoms with Gasteiger partial charge in [0, 0.05) is 13.1 Å². The molecule has 2 aliphatic heterocycles. The second-order valence-electron chi connectivity index (χ2n) is 6.16. The predicted molar refractivity (Wildman–Crippen MR) is 93.2 cm³/mol. The zero-order valence-electron chi connectivity index (χ0n) is 14.0. The number of carbonyl (C=O) groups excluding carboxylic acids is 4. The quantitative estimate of drug-likeness (QED) is 0.572. The van der Waals surface area contributed by atoms with E-state index in [0.29, 0.717) is 13.1 Å². The predicted octanol–water partition coefficient (Wildman–Crippen LogP) is 2.14. The minimum Gasteiger partial charge on any atom is -0.454 e. The van der Waals surface area contributed by atoms with Crippen molar-refractivity contribution in [1.29, 1.82) is 0 Å². The van der Waals surface area contributed by atoms with E-state index in [1.807, 2.05) is 0 Å². The average Bonchev–Trinajstić information content (AvgIpc) is 3.22. The number of benzene rings is 1. The fourth-order valence-electron chi connectivity index (χ4n) is 3.02. The smallest absolute Gasteiger partial charge is 0.329 e. The number of nitrogens with zero attached hydrogens (tertiary/aromatic N) is 2. The molecule has 0 saturated carbocycles. The molecule has 0 aliphatic carbocycles. The molecule has 7 nitrogen and oxygen atoms in total. The van der Waals surface area contributed by atoms with E-state index in [4.69, 9.17) is 27.9 Å². The van der Waals surface area contributed by atoms with Gasteiger partial charge in [0.25, 0.3) is 17.7 Å². The average molecular weight is 399 g/mol. The number of imide groups is 1. The van der Waals surface area contributed by atoms with Crippen molar-refractivity contribution in [2.24, 2.45) is 0 Å². The van der Waals surface area contributed by atoms with Gasteiger partial charge in [0.15, 0.2) is 6.61 Å². The van der Waals surface area contributed by atoms with E-state index in [-0.39, 0.29) is 27.1 Å². The van der Waals surface area contributed by atoms with E-state index in [1.54, 1.807) is 4.90 Å². The number of likely N-dealkylation sites (tertiary alicyclic amines) is 1. The largest absolute Gasteiger partial charge is 0.454 e. The summed E-state index contributed by atoms with van der Waals surface area (Å²) in [5.41, 5.74) is 0.161. The van der Waals surface area contributed by atoms with Crippen LogP contribution in [0.2, 0.25) is 10.0 Å². The summed E-state index contributed by atoms with van der Waals surface area (Å²) in [4.78, 5) is 51.6. The third-order valence-electron chi connectivity index (χ3n) is 4.48. The van der Waals surface area contributed by atoms with E-state index in [9.17, 15) is 19.2 Å². The van der Waals surface area contributed by atoms with Crippen LogP contribution in [0.3, 0.4) is 0 Å². The maximum Gasteiger partial charge on any atom is 0.329 e. The molecule has 1 aromatic carbocycles. The molecule has 2 aliphatic rings. The van der Waals surface area contributed by atoms with Gasteiger partial charge < -0.3 is 9.64 Å². The van der Waals surface area contributed by atoms with Gasteiger partial charge in [-0.05, 0) is 31.9 Å². The van der Waals surface area contributed by atoms with Crippen LogP contribution in [0.25, 0.3) is 0 Å². The highest BCUT2D eigenvalue weighted by Gasteiger charge is 2.42. The van der Waals surface area contributed by atoms with Crippen molar-refractivity contribution in [2.45, 2.75) is 25.8 Å². The zero-order valence-corrected chi connectivity index (χ0v) is 15.5. The fourth-order valence-corrected chi connectivity index (χ4v) is 3.35. The van der Waals surface area contributed by atoms with E-state index >= 15 is 0 Å². The highest BCUT2D eigenvalue weighted by Crippen LogP contribution is 2.32. The van der Waals surface area contributed by atoms with Crippen LogP contribution >= 0.6 is 23.2 Å². The lowest BCUT2D eigenvalue weighted by molar-refractivity contribution is -0.154. The zero-order chi connectivity index (χ0) is 19.0. The number of esters is 1. The standard InChI is InChI=1S/C17H16Cl2N2O5/c1-9(17(25)26-8-14(22)20-4-2-3-5-20)21-15(23)10-6-12(18)13(19)7-11(10)16(21)24/h6-7,9H,2-5,8H2,1H3/t9-/m0/s1. The summed E-state index contributed by atoms with van der Waals surface area (Å²) < 4.78 is 5.01. The van der Waals surface area contributed by atoms with Crippen LogP contribution in [0.4, 0.5) is 0 Å². The Morgan fingerprint density at radius 3 is 2.08 bits per heavy atom. The van der Waals surface area contributed by atoms with Crippen molar-refractivity contribution >= 4 is 46.9 Å². The van der Waals surface area contributed by atoms with Gasteiger partial charge in [0.05, 0.1) is 21.2 Å². The van der Waals surface area contributed by atoms with Crippen molar-refractivity contribution in [3.05, 3.63) is 33.3 Å². The molecule has 0 spiro atoms. The van der Waals surface area contributed by atoms with Crippen LogP contribution in [-0.4, -0.2) is 59.2 Å². The van der Waals surface area contributed by atoms with Crippen LogP contribution in [0.15, 0.2) is 12.1 Å². The minimum atomic E-state index is -1.17. The fraction of sp³-hybridized carbons (Fsp3) is 0.412. The summed E-state index contributed by atoms with van der Waals surface area (Å²) in [6.07, 6.45) is 1.85. The van der Waals surface area contributed by atoms with Crippen molar-refractivity contribution in [3.8, 4) is 0 Å². The molecular weight excluding hydrogens is 383 g/mol. The van der Waals surface area contributed by atoms with E-state index in [0.717, 1.165) is 17.7 Å². The van der Waals surface area contributed by atoms with Gasteiger partial charge in [-0.25, -0.2) is 4.79 Å². The Kier molecular flexibility index (Phi) is 5.20. The van der Waals surface area contributed by atoms with Gasteiger partial charge in [0.2, 0.25) is 0 Å². The van der Waals surface area contributed by atoms with Crippen LogP contribution in [0.1, 0.15) is 40.5 Å². The molecule has 0 N–H and O–H groups in total. The highest BCUT2D eigenvalue weighted by atomic mass is 35.5. The Hall–Kier alpha value is -2.12. The molecule has 0 aromatic heterocycles. The van der Waals surface area contributed by atoms with Gasteiger partial charge in [-0.2, -0.15) is 0 Å².